The quantitative estimate of drug-likeness (QED) is 0.320. The third-order valence-electron chi connectivity index (χ3n) is 5.52. The van der Waals surface area contributed by atoms with Crippen molar-refractivity contribution < 1.29 is 9.21 Å². The average molecular weight is 438 g/mol. The van der Waals surface area contributed by atoms with Crippen LogP contribution in [0.1, 0.15) is 39.1 Å². The lowest BCUT2D eigenvalue weighted by atomic mass is 9.99. The summed E-state index contributed by atoms with van der Waals surface area (Å²) >= 11 is 0. The van der Waals surface area contributed by atoms with Crippen molar-refractivity contribution in [2.45, 2.75) is 19.9 Å². The van der Waals surface area contributed by atoms with Crippen molar-refractivity contribution in [2.24, 2.45) is 0 Å². The zero-order valence-electron chi connectivity index (χ0n) is 18.3. The Bertz CT molecular complexity index is 1410. The number of aromatic nitrogens is 3. The number of amides is 1. The standard InChI is InChI=1S/C26H23N5O2/c1-16-10-12-28-23(14-16)31-25(21-6-3-4-11-27-21)24-17(2)29-20-9-8-18(15-19(20)24)30-26(32)22-7-5-13-33-22/h3-15,25,29H,1-2H3,(H,28,31)(H,30,32)/t25-/m1/s1. The first-order valence-corrected chi connectivity index (χ1v) is 10.7. The number of aryl methyl sites for hydroxylation is 2. The SMILES string of the molecule is Cc1ccnc(N[C@H](c2ccccn2)c2c(C)[nH]c3ccc(NC(=O)c4ccco4)cc23)c1. The van der Waals surface area contributed by atoms with Crippen LogP contribution in [0.2, 0.25) is 0 Å². The van der Waals surface area contributed by atoms with Crippen LogP contribution in [0.15, 0.2) is 83.7 Å². The number of hydrogen-bond acceptors (Lipinski definition) is 5. The molecule has 33 heavy (non-hydrogen) atoms. The number of nitrogens with zero attached hydrogens (tertiary/aromatic N) is 2. The van der Waals surface area contributed by atoms with Gasteiger partial charge in [-0.25, -0.2) is 4.98 Å². The van der Waals surface area contributed by atoms with Crippen molar-refractivity contribution in [3.8, 4) is 0 Å². The molecule has 1 aromatic carbocycles. The van der Waals surface area contributed by atoms with Gasteiger partial charge in [0.2, 0.25) is 0 Å². The summed E-state index contributed by atoms with van der Waals surface area (Å²) in [7, 11) is 0. The smallest absolute Gasteiger partial charge is 0.291 e. The Kier molecular flexibility index (Phi) is 5.36. The minimum Gasteiger partial charge on any atom is -0.459 e. The third-order valence-corrected chi connectivity index (χ3v) is 5.52. The molecule has 1 amide bonds. The van der Waals surface area contributed by atoms with Crippen molar-refractivity contribution in [3.63, 3.8) is 0 Å². The molecule has 0 radical (unpaired) electrons. The highest BCUT2D eigenvalue weighted by molar-refractivity contribution is 6.03. The summed E-state index contributed by atoms with van der Waals surface area (Å²) in [6, 6.07) is 18.7. The Morgan fingerprint density at radius 2 is 1.91 bits per heavy atom. The number of furan rings is 1. The van der Waals surface area contributed by atoms with Crippen LogP contribution in [0.25, 0.3) is 10.9 Å². The van der Waals surface area contributed by atoms with Crippen LogP contribution in [-0.4, -0.2) is 20.9 Å². The molecule has 5 aromatic rings. The molecule has 164 valence electrons. The lowest BCUT2D eigenvalue weighted by molar-refractivity contribution is 0.0996. The van der Waals surface area contributed by atoms with Crippen LogP contribution in [0.4, 0.5) is 11.5 Å². The fourth-order valence-electron chi connectivity index (χ4n) is 4.00. The number of pyridine rings is 2. The molecule has 0 aliphatic rings. The fraction of sp³-hybridized carbons (Fsp3) is 0.115. The molecule has 0 spiro atoms. The summed E-state index contributed by atoms with van der Waals surface area (Å²) in [5.41, 5.74) is 5.69. The van der Waals surface area contributed by atoms with Gasteiger partial charge in [-0.15, -0.1) is 0 Å². The highest BCUT2D eigenvalue weighted by Crippen LogP contribution is 2.35. The van der Waals surface area contributed by atoms with Crippen LogP contribution in [0, 0.1) is 13.8 Å². The van der Waals surface area contributed by atoms with Crippen LogP contribution >= 0.6 is 0 Å². The maximum Gasteiger partial charge on any atom is 0.291 e. The Hall–Kier alpha value is -4.39. The van der Waals surface area contributed by atoms with Gasteiger partial charge < -0.3 is 20.0 Å². The molecule has 7 heteroatoms. The molecule has 4 heterocycles. The van der Waals surface area contributed by atoms with Crippen LogP contribution in [0.3, 0.4) is 0 Å². The maximum absolute atomic E-state index is 12.5. The largest absolute Gasteiger partial charge is 0.459 e. The van der Waals surface area contributed by atoms with E-state index in [4.69, 9.17) is 4.42 Å². The number of anilines is 2. The molecule has 1 atom stereocenters. The van der Waals surface area contributed by atoms with Crippen molar-refractivity contribution >= 4 is 28.3 Å². The van der Waals surface area contributed by atoms with Crippen LogP contribution in [-0.2, 0) is 0 Å². The minimum absolute atomic E-state index is 0.245. The van der Waals surface area contributed by atoms with E-state index < -0.39 is 0 Å². The van der Waals surface area contributed by atoms with Gasteiger partial charge in [-0.05, 0) is 74.0 Å². The van der Waals surface area contributed by atoms with Crippen molar-refractivity contribution in [3.05, 3.63) is 108 Å². The number of benzene rings is 1. The number of nitrogens with one attached hydrogen (secondary N) is 3. The van der Waals surface area contributed by atoms with Crippen LogP contribution in [0.5, 0.6) is 0 Å². The zero-order valence-corrected chi connectivity index (χ0v) is 18.3. The van der Waals surface area contributed by atoms with Gasteiger partial charge >= 0.3 is 0 Å². The molecule has 3 N–H and O–H groups in total. The Morgan fingerprint density at radius 1 is 1.00 bits per heavy atom. The van der Waals surface area contributed by atoms with Gasteiger partial charge in [0.15, 0.2) is 5.76 Å². The van der Waals surface area contributed by atoms with E-state index in [-0.39, 0.29) is 17.7 Å². The number of fused-ring (bicyclic) bond motifs is 1. The van der Waals surface area contributed by atoms with Crippen molar-refractivity contribution in [1.82, 2.24) is 15.0 Å². The summed E-state index contributed by atoms with van der Waals surface area (Å²) in [4.78, 5) is 25.1. The van der Waals surface area contributed by atoms with E-state index in [9.17, 15) is 4.79 Å². The molecular formula is C26H23N5O2. The number of carbonyl (C=O) groups is 1. The van der Waals surface area contributed by atoms with E-state index in [0.29, 0.717) is 5.69 Å². The van der Waals surface area contributed by atoms with Gasteiger partial charge in [-0.1, -0.05) is 6.07 Å². The van der Waals surface area contributed by atoms with E-state index in [1.807, 2.05) is 62.4 Å². The molecule has 5 rings (SSSR count). The molecular weight excluding hydrogens is 414 g/mol. The summed E-state index contributed by atoms with van der Waals surface area (Å²) in [5.74, 6) is 0.734. The second-order valence-corrected chi connectivity index (χ2v) is 7.91. The molecule has 0 aliphatic carbocycles. The predicted molar refractivity (Wildman–Crippen MR) is 128 cm³/mol. The maximum atomic E-state index is 12.5. The van der Waals surface area contributed by atoms with E-state index in [2.05, 4.69) is 25.6 Å². The molecule has 7 nitrogen and oxygen atoms in total. The fourth-order valence-corrected chi connectivity index (χ4v) is 4.00. The van der Waals surface area contributed by atoms with Crippen LogP contribution < -0.4 is 10.6 Å². The topological polar surface area (TPSA) is 95.8 Å². The zero-order chi connectivity index (χ0) is 22.8. The molecule has 0 bridgehead atoms. The van der Waals surface area contributed by atoms with Crippen molar-refractivity contribution in [1.29, 1.82) is 0 Å². The first kappa shape index (κ1) is 20.5. The first-order chi connectivity index (χ1) is 16.1. The lowest BCUT2D eigenvalue weighted by Crippen LogP contribution is -2.15. The Balaban J connectivity index is 1.58. The molecule has 0 aliphatic heterocycles. The van der Waals surface area contributed by atoms with E-state index in [1.165, 1.54) is 6.26 Å². The predicted octanol–water partition coefficient (Wildman–Crippen LogP) is 5.62. The van der Waals surface area contributed by atoms with Gasteiger partial charge in [0, 0.05) is 40.2 Å². The molecule has 0 fully saturated rings. The highest BCUT2D eigenvalue weighted by Gasteiger charge is 2.23. The summed E-state index contributed by atoms with van der Waals surface area (Å²) in [6.45, 7) is 4.07. The van der Waals surface area contributed by atoms with Gasteiger partial charge in [0.1, 0.15) is 5.82 Å². The second kappa shape index (κ2) is 8.63. The van der Waals surface area contributed by atoms with E-state index >= 15 is 0 Å². The monoisotopic (exact) mass is 437 g/mol. The Labute approximate surface area is 190 Å². The summed E-state index contributed by atoms with van der Waals surface area (Å²) in [5, 5.41) is 7.46. The van der Waals surface area contributed by atoms with Gasteiger partial charge in [0.05, 0.1) is 18.0 Å². The normalized spacial score (nSPS) is 11.9. The highest BCUT2D eigenvalue weighted by atomic mass is 16.3. The third kappa shape index (κ3) is 4.21. The lowest BCUT2D eigenvalue weighted by Gasteiger charge is -2.20. The average Bonchev–Trinajstić information content (AvgIpc) is 3.46. The molecule has 0 unspecified atom stereocenters. The number of aromatic amines is 1. The Morgan fingerprint density at radius 3 is 2.67 bits per heavy atom. The molecule has 0 saturated heterocycles. The van der Waals surface area contributed by atoms with Gasteiger partial charge in [-0.2, -0.15) is 0 Å². The van der Waals surface area contributed by atoms with Gasteiger partial charge in [-0.3, -0.25) is 9.78 Å². The van der Waals surface area contributed by atoms with E-state index in [0.717, 1.165) is 39.2 Å². The molecule has 4 aromatic heterocycles. The molecule has 0 saturated carbocycles. The van der Waals surface area contributed by atoms with Gasteiger partial charge in [0.25, 0.3) is 5.91 Å². The second-order valence-electron chi connectivity index (χ2n) is 7.91. The number of H-pyrrole nitrogens is 1. The number of rotatable bonds is 6. The number of hydrogen-bond donors (Lipinski definition) is 3. The summed E-state index contributed by atoms with van der Waals surface area (Å²) < 4.78 is 5.21. The van der Waals surface area contributed by atoms with E-state index in [1.54, 1.807) is 24.5 Å². The van der Waals surface area contributed by atoms with Crippen molar-refractivity contribution in [2.75, 3.05) is 10.6 Å². The number of carbonyl (C=O) groups excluding carboxylic acids is 1. The minimum atomic E-state index is -0.295. The first-order valence-electron chi connectivity index (χ1n) is 10.7. The summed E-state index contributed by atoms with van der Waals surface area (Å²) in [6.07, 6.45) is 5.05.